The smallest absolute Gasteiger partial charge is 0.406 e. The summed E-state index contributed by atoms with van der Waals surface area (Å²) in [5, 5.41) is 17.6. The third-order valence-corrected chi connectivity index (χ3v) is 10.7. The Labute approximate surface area is 357 Å². The van der Waals surface area contributed by atoms with Crippen LogP contribution in [0.1, 0.15) is 30.5 Å². The van der Waals surface area contributed by atoms with Crippen LogP contribution in [0.15, 0.2) is 144 Å². The molecule has 2 amide bonds. The van der Waals surface area contributed by atoms with E-state index in [1.54, 1.807) is 23.2 Å². The van der Waals surface area contributed by atoms with Gasteiger partial charge < -0.3 is 30.7 Å². The molecule has 0 saturated carbocycles. The number of fused-ring (bicyclic) bond motifs is 2. The van der Waals surface area contributed by atoms with Gasteiger partial charge in [0.15, 0.2) is 0 Å². The lowest BCUT2D eigenvalue weighted by atomic mass is 10.1. The number of anilines is 4. The second-order valence-electron chi connectivity index (χ2n) is 13.1. The average Bonchev–Trinajstić information content (AvgIpc) is 3.93. The lowest BCUT2D eigenvalue weighted by Gasteiger charge is -2.11. The number of ether oxygens (including phenoxy) is 2. The van der Waals surface area contributed by atoms with Crippen molar-refractivity contribution < 1.29 is 45.4 Å². The number of aromatic nitrogens is 2. The van der Waals surface area contributed by atoms with Crippen molar-refractivity contribution in [2.24, 2.45) is 0 Å². The summed E-state index contributed by atoms with van der Waals surface area (Å²) in [6, 6.07) is 33.0. The van der Waals surface area contributed by atoms with Gasteiger partial charge in [-0.15, -0.1) is 49.0 Å². The zero-order valence-corrected chi connectivity index (χ0v) is 33.5. The van der Waals surface area contributed by atoms with Crippen molar-refractivity contribution >= 4 is 79.0 Å². The summed E-state index contributed by atoms with van der Waals surface area (Å²) in [5.41, 5.74) is 5.93. The summed E-state index contributed by atoms with van der Waals surface area (Å²) < 4.78 is 81.2. The van der Waals surface area contributed by atoms with Gasteiger partial charge in [-0.05, 0) is 107 Å². The molecule has 8 rings (SSSR count). The first-order valence-corrected chi connectivity index (χ1v) is 20.2. The third kappa shape index (κ3) is 11.5. The molecule has 316 valence electrons. The predicted molar refractivity (Wildman–Crippen MR) is 229 cm³/mol. The number of carbonyl (C=O) groups excluding carboxylic acids is 2. The first kappa shape index (κ1) is 42.9. The Morgan fingerprint density at radius 2 is 0.903 bits per heavy atom. The summed E-state index contributed by atoms with van der Waals surface area (Å²) >= 11 is 2.53. The summed E-state index contributed by atoms with van der Waals surface area (Å²) in [6.07, 6.45) is -6.04. The molecule has 8 aromatic rings. The first-order chi connectivity index (χ1) is 29.8. The minimum Gasteiger partial charge on any atom is -0.406 e. The van der Waals surface area contributed by atoms with Crippen molar-refractivity contribution in [1.29, 1.82) is 0 Å². The number of rotatable bonds is 12. The molecule has 4 heterocycles. The molecule has 62 heavy (non-hydrogen) atoms. The van der Waals surface area contributed by atoms with Gasteiger partial charge in [-0.2, -0.15) is 0 Å². The highest BCUT2D eigenvalue weighted by Gasteiger charge is 2.32. The van der Waals surface area contributed by atoms with E-state index in [9.17, 15) is 35.9 Å². The lowest BCUT2D eigenvalue weighted by molar-refractivity contribution is -0.275. The monoisotopic (exact) mass is 886 g/mol. The Hall–Kier alpha value is -7.18. The molecular weight excluding hydrogens is 855 g/mol. The number of alkyl halides is 6. The van der Waals surface area contributed by atoms with Crippen molar-refractivity contribution in [3.8, 4) is 11.5 Å². The van der Waals surface area contributed by atoms with E-state index in [4.69, 9.17) is 0 Å². The van der Waals surface area contributed by atoms with Gasteiger partial charge >= 0.3 is 12.7 Å². The Morgan fingerprint density at radius 3 is 1.29 bits per heavy atom. The van der Waals surface area contributed by atoms with E-state index in [2.05, 4.69) is 40.7 Å². The maximum Gasteiger partial charge on any atom is 0.573 e. The number of pyridine rings is 2. The molecule has 0 aliphatic rings. The van der Waals surface area contributed by atoms with Crippen LogP contribution in [-0.2, 0) is 13.1 Å². The Balaban J connectivity index is 0.000000186. The number of benzene rings is 4. The molecule has 10 nitrogen and oxygen atoms in total. The summed E-state index contributed by atoms with van der Waals surface area (Å²) in [6.45, 7) is 1.01. The fraction of sp³-hybridized carbons (Fsp3) is 0.0909. The highest BCUT2D eigenvalue weighted by Crippen LogP contribution is 2.30. The van der Waals surface area contributed by atoms with Crippen LogP contribution in [0.3, 0.4) is 0 Å². The van der Waals surface area contributed by atoms with E-state index in [0.717, 1.165) is 57.2 Å². The minimum absolute atomic E-state index is 0.353. The second-order valence-corrected chi connectivity index (χ2v) is 14.9. The number of amides is 2. The molecule has 4 N–H and O–H groups in total. The van der Waals surface area contributed by atoms with Crippen molar-refractivity contribution in [2.45, 2.75) is 25.8 Å². The molecule has 0 saturated heterocycles. The zero-order chi connectivity index (χ0) is 43.7. The minimum atomic E-state index is -4.76. The number of thiophene rings is 2. The van der Waals surface area contributed by atoms with Crippen LogP contribution in [0.25, 0.3) is 21.8 Å². The molecule has 0 bridgehead atoms. The molecule has 0 aliphatic carbocycles. The van der Waals surface area contributed by atoms with Crippen LogP contribution in [0, 0.1) is 0 Å². The molecular formula is C44H32F6N6O4S2. The van der Waals surface area contributed by atoms with Crippen LogP contribution in [0.5, 0.6) is 11.5 Å². The molecule has 0 atom stereocenters. The standard InChI is InChI=1S/2C22H16F3N3O2S/c2*23-22(24,25)30-16-7-5-15(6-8-16)28-21(29)20-19(10-12-31-20)27-13-14-9-11-26-18-4-2-1-3-17(14)18/h2*1-12,27H,13H2,(H,28,29). The largest absolute Gasteiger partial charge is 0.573 e. The topological polar surface area (TPSA) is 126 Å². The van der Waals surface area contributed by atoms with Gasteiger partial charge in [0.1, 0.15) is 21.3 Å². The van der Waals surface area contributed by atoms with Gasteiger partial charge in [-0.1, -0.05) is 36.4 Å². The first-order valence-electron chi connectivity index (χ1n) is 18.4. The molecule has 0 spiro atoms. The average molecular weight is 887 g/mol. The van der Waals surface area contributed by atoms with E-state index in [-0.39, 0.29) is 23.3 Å². The van der Waals surface area contributed by atoms with E-state index < -0.39 is 12.7 Å². The number of halogens is 6. The fourth-order valence-corrected chi connectivity index (χ4v) is 7.63. The van der Waals surface area contributed by atoms with Gasteiger partial charge in [-0.3, -0.25) is 19.6 Å². The van der Waals surface area contributed by atoms with Gasteiger partial charge in [-0.25, -0.2) is 0 Å². The molecule has 0 fully saturated rings. The second kappa shape index (κ2) is 19.0. The number of nitrogens with zero attached hydrogens (tertiary/aromatic N) is 2. The van der Waals surface area contributed by atoms with E-state index in [1.165, 1.54) is 46.9 Å². The van der Waals surface area contributed by atoms with Crippen LogP contribution in [0.4, 0.5) is 49.1 Å². The van der Waals surface area contributed by atoms with Crippen molar-refractivity contribution in [2.75, 3.05) is 21.3 Å². The highest BCUT2D eigenvalue weighted by molar-refractivity contribution is 7.13. The molecule has 0 unspecified atom stereocenters. The Morgan fingerprint density at radius 1 is 0.516 bits per heavy atom. The fourth-order valence-electron chi connectivity index (χ4n) is 6.10. The van der Waals surface area contributed by atoms with E-state index >= 15 is 0 Å². The number of carbonyl (C=O) groups is 2. The van der Waals surface area contributed by atoms with E-state index in [1.807, 2.05) is 72.8 Å². The maximum absolute atomic E-state index is 12.7. The maximum atomic E-state index is 12.7. The van der Waals surface area contributed by atoms with Gasteiger partial charge in [0, 0.05) is 47.6 Å². The zero-order valence-electron chi connectivity index (χ0n) is 31.9. The summed E-state index contributed by atoms with van der Waals surface area (Å²) in [4.78, 5) is 35.0. The highest BCUT2D eigenvalue weighted by atomic mass is 32.1. The molecule has 0 aliphatic heterocycles. The Kier molecular flexibility index (Phi) is 13.2. The van der Waals surface area contributed by atoms with Gasteiger partial charge in [0.2, 0.25) is 0 Å². The van der Waals surface area contributed by atoms with Gasteiger partial charge in [0.05, 0.1) is 22.4 Å². The predicted octanol–water partition coefficient (Wildman–Crippen LogP) is 12.1. The van der Waals surface area contributed by atoms with Crippen LogP contribution in [-0.4, -0.2) is 34.5 Å². The van der Waals surface area contributed by atoms with E-state index in [0.29, 0.717) is 45.6 Å². The number of nitrogens with one attached hydrogen (secondary N) is 4. The quantitative estimate of drug-likeness (QED) is 0.0894. The third-order valence-electron chi connectivity index (χ3n) is 8.85. The number of para-hydroxylation sites is 2. The Bertz CT molecular complexity index is 2590. The lowest BCUT2D eigenvalue weighted by Crippen LogP contribution is -2.17. The van der Waals surface area contributed by atoms with Crippen LogP contribution >= 0.6 is 22.7 Å². The number of hydrogen-bond donors (Lipinski definition) is 4. The van der Waals surface area contributed by atoms with Gasteiger partial charge in [0.25, 0.3) is 11.8 Å². The summed E-state index contributed by atoms with van der Waals surface area (Å²) in [5.74, 6) is -1.43. The SMILES string of the molecule is O=C(Nc1ccc(OC(F)(F)F)cc1)c1sccc1NCc1ccnc2ccccc12.O=C(Nc1ccc(OC(F)(F)F)cc1)c1sccc1NCc1ccnc2ccccc12. The molecule has 4 aromatic carbocycles. The molecule has 0 radical (unpaired) electrons. The van der Waals surface area contributed by atoms with Crippen LogP contribution < -0.4 is 30.7 Å². The van der Waals surface area contributed by atoms with Crippen LogP contribution in [0.2, 0.25) is 0 Å². The van der Waals surface area contributed by atoms with Crippen molar-refractivity contribution in [3.05, 3.63) is 165 Å². The molecule has 4 aromatic heterocycles. The van der Waals surface area contributed by atoms with Crippen molar-refractivity contribution in [3.63, 3.8) is 0 Å². The normalized spacial score (nSPS) is 11.3. The number of hydrogen-bond acceptors (Lipinski definition) is 10. The summed E-state index contributed by atoms with van der Waals surface area (Å²) in [7, 11) is 0. The van der Waals surface area contributed by atoms with Crippen molar-refractivity contribution in [1.82, 2.24) is 9.97 Å². The molecule has 18 heteroatoms.